The van der Waals surface area contributed by atoms with Gasteiger partial charge in [-0.15, -0.1) is 0 Å². The van der Waals surface area contributed by atoms with Gasteiger partial charge in [-0.1, -0.05) is 24.3 Å². The largest absolute Gasteiger partial charge is 0.465 e. The van der Waals surface area contributed by atoms with Crippen LogP contribution in [0, 0.1) is 0 Å². The van der Waals surface area contributed by atoms with E-state index < -0.39 is 24.1 Å². The number of aromatic nitrogens is 2. The normalized spacial score (nSPS) is 11.2. The van der Waals surface area contributed by atoms with Crippen LogP contribution in [0.5, 0.6) is 0 Å². The molecular formula is C21H15F2N3O3. The summed E-state index contributed by atoms with van der Waals surface area (Å²) in [5, 5.41) is 4.36. The van der Waals surface area contributed by atoms with Gasteiger partial charge in [0.1, 0.15) is 0 Å². The van der Waals surface area contributed by atoms with E-state index in [0.717, 1.165) is 10.8 Å². The highest BCUT2D eigenvalue weighted by molar-refractivity contribution is 6.11. The van der Waals surface area contributed by atoms with Crippen LogP contribution >= 0.6 is 0 Å². The number of rotatable bonds is 4. The number of aromatic amines is 1. The molecular weight excluding hydrogens is 380 g/mol. The average Bonchev–Trinajstić information content (AvgIpc) is 3.16. The Kier molecular flexibility index (Phi) is 4.67. The van der Waals surface area contributed by atoms with Crippen LogP contribution in [0.4, 0.5) is 14.5 Å². The molecule has 4 aromatic rings. The van der Waals surface area contributed by atoms with Gasteiger partial charge in [-0.2, -0.15) is 0 Å². The van der Waals surface area contributed by atoms with E-state index in [1.54, 1.807) is 12.1 Å². The summed E-state index contributed by atoms with van der Waals surface area (Å²) in [6.07, 6.45) is -2.74. The maximum absolute atomic E-state index is 12.8. The zero-order valence-electron chi connectivity index (χ0n) is 15.2. The summed E-state index contributed by atoms with van der Waals surface area (Å²) >= 11 is 0. The second-order valence-corrected chi connectivity index (χ2v) is 6.35. The molecule has 4 rings (SSSR count). The molecule has 0 spiro atoms. The Balaban J connectivity index is 1.71. The zero-order chi connectivity index (χ0) is 20.5. The fourth-order valence-electron chi connectivity index (χ4n) is 3.09. The zero-order valence-corrected chi connectivity index (χ0v) is 15.2. The van der Waals surface area contributed by atoms with Gasteiger partial charge >= 0.3 is 5.97 Å². The van der Waals surface area contributed by atoms with Crippen molar-refractivity contribution in [3.05, 3.63) is 71.5 Å². The quantitative estimate of drug-likeness (QED) is 0.491. The number of alkyl halides is 2. The minimum Gasteiger partial charge on any atom is -0.465 e. The van der Waals surface area contributed by atoms with Crippen molar-refractivity contribution in [2.45, 2.75) is 6.43 Å². The van der Waals surface area contributed by atoms with Crippen molar-refractivity contribution in [2.24, 2.45) is 0 Å². The number of ether oxygens (including phenoxy) is 1. The number of H-pyrrole nitrogens is 1. The summed E-state index contributed by atoms with van der Waals surface area (Å²) in [5.41, 5.74) is 1.38. The maximum atomic E-state index is 12.8. The van der Waals surface area contributed by atoms with Gasteiger partial charge in [0.25, 0.3) is 12.3 Å². The lowest BCUT2D eigenvalue weighted by molar-refractivity contribution is 0.0602. The molecule has 1 aromatic heterocycles. The van der Waals surface area contributed by atoms with E-state index in [1.165, 1.54) is 25.3 Å². The lowest BCUT2D eigenvalue weighted by Crippen LogP contribution is -2.15. The number of amides is 1. The van der Waals surface area contributed by atoms with Gasteiger partial charge < -0.3 is 15.0 Å². The molecule has 0 bridgehead atoms. The number of hydrogen-bond donors (Lipinski definition) is 2. The van der Waals surface area contributed by atoms with Gasteiger partial charge in [0.2, 0.25) is 0 Å². The molecule has 0 aliphatic heterocycles. The molecule has 1 amide bonds. The first-order valence-electron chi connectivity index (χ1n) is 8.66. The van der Waals surface area contributed by atoms with Crippen molar-refractivity contribution in [1.29, 1.82) is 0 Å². The molecule has 0 radical (unpaired) electrons. The van der Waals surface area contributed by atoms with Crippen LogP contribution in [0.2, 0.25) is 0 Å². The number of nitrogens with one attached hydrogen (secondary N) is 2. The Labute approximate surface area is 163 Å². The molecule has 6 nitrogen and oxygen atoms in total. The number of fused-ring (bicyclic) bond motifs is 2. The highest BCUT2D eigenvalue weighted by atomic mass is 19.3. The van der Waals surface area contributed by atoms with Gasteiger partial charge in [-0.05, 0) is 41.1 Å². The molecule has 3 aromatic carbocycles. The lowest BCUT2D eigenvalue weighted by Gasteiger charge is -2.12. The third-order valence-electron chi connectivity index (χ3n) is 4.51. The van der Waals surface area contributed by atoms with E-state index in [0.29, 0.717) is 16.7 Å². The summed E-state index contributed by atoms with van der Waals surface area (Å²) in [6.45, 7) is 0. The van der Waals surface area contributed by atoms with E-state index in [9.17, 15) is 18.4 Å². The van der Waals surface area contributed by atoms with Crippen molar-refractivity contribution in [2.75, 3.05) is 12.4 Å². The van der Waals surface area contributed by atoms with Crippen LogP contribution < -0.4 is 5.32 Å². The first-order valence-corrected chi connectivity index (χ1v) is 8.66. The Morgan fingerprint density at radius 1 is 1.07 bits per heavy atom. The first-order chi connectivity index (χ1) is 14.0. The van der Waals surface area contributed by atoms with Crippen LogP contribution in [0.3, 0.4) is 0 Å². The molecule has 2 N–H and O–H groups in total. The molecule has 0 aliphatic rings. The molecule has 146 valence electrons. The second-order valence-electron chi connectivity index (χ2n) is 6.35. The van der Waals surface area contributed by atoms with Crippen molar-refractivity contribution < 1.29 is 23.1 Å². The highest BCUT2D eigenvalue weighted by Crippen LogP contribution is 2.26. The smallest absolute Gasteiger partial charge is 0.339 e. The third kappa shape index (κ3) is 3.52. The van der Waals surface area contributed by atoms with E-state index in [1.807, 2.05) is 24.3 Å². The number of hydrogen-bond acceptors (Lipinski definition) is 4. The molecule has 0 atom stereocenters. The predicted molar refractivity (Wildman–Crippen MR) is 104 cm³/mol. The summed E-state index contributed by atoms with van der Waals surface area (Å²) in [4.78, 5) is 31.2. The van der Waals surface area contributed by atoms with Crippen molar-refractivity contribution in [1.82, 2.24) is 9.97 Å². The number of imidazole rings is 1. The predicted octanol–water partition coefficient (Wildman–Crippen LogP) is 4.69. The maximum Gasteiger partial charge on any atom is 0.339 e. The number of carbonyl (C=O) groups excluding carboxylic acids is 2. The van der Waals surface area contributed by atoms with Crippen LogP contribution in [0.1, 0.15) is 33.0 Å². The monoisotopic (exact) mass is 395 g/mol. The van der Waals surface area contributed by atoms with Gasteiger partial charge in [-0.25, -0.2) is 18.6 Å². The van der Waals surface area contributed by atoms with Crippen LogP contribution in [0.15, 0.2) is 54.6 Å². The first kappa shape index (κ1) is 18.5. The number of nitrogens with zero attached hydrogens (tertiary/aromatic N) is 1. The number of methoxy groups -OCH3 is 1. The second kappa shape index (κ2) is 7.31. The van der Waals surface area contributed by atoms with E-state index >= 15 is 0 Å². The number of benzene rings is 3. The summed E-state index contributed by atoms with van der Waals surface area (Å²) in [6, 6.07) is 15.1. The fraction of sp³-hybridized carbons (Fsp3) is 0.0952. The molecule has 0 unspecified atom stereocenters. The topological polar surface area (TPSA) is 84.1 Å². The Morgan fingerprint density at radius 2 is 1.79 bits per heavy atom. The standard InChI is InChI=1S/C21H15F2N3O3/c1-29-21(28)14-8-11-4-2-3-5-12(11)9-16(14)26-20(27)13-6-7-15-17(10-13)25-19(24-15)18(22)23/h2-10,18H,1H3,(H,24,25)(H,26,27). The van der Waals surface area contributed by atoms with Gasteiger partial charge in [0, 0.05) is 5.56 Å². The number of esters is 1. The Morgan fingerprint density at radius 3 is 2.48 bits per heavy atom. The van der Waals surface area contributed by atoms with Crippen LogP contribution in [0.25, 0.3) is 21.8 Å². The van der Waals surface area contributed by atoms with Crippen molar-refractivity contribution in [3.63, 3.8) is 0 Å². The Hall–Kier alpha value is -3.81. The summed E-state index contributed by atoms with van der Waals surface area (Å²) < 4.78 is 30.5. The molecule has 1 heterocycles. The number of halogens is 2. The van der Waals surface area contributed by atoms with E-state index in [2.05, 4.69) is 15.3 Å². The fourth-order valence-corrected chi connectivity index (χ4v) is 3.09. The molecule has 0 aliphatic carbocycles. The SMILES string of the molecule is COC(=O)c1cc2ccccc2cc1NC(=O)c1ccc2nc(C(F)F)[nH]c2c1. The molecule has 29 heavy (non-hydrogen) atoms. The minimum atomic E-state index is -2.74. The van der Waals surface area contributed by atoms with Gasteiger partial charge in [0.15, 0.2) is 5.82 Å². The van der Waals surface area contributed by atoms with Gasteiger partial charge in [0.05, 0.1) is 29.4 Å². The third-order valence-corrected chi connectivity index (χ3v) is 4.51. The van der Waals surface area contributed by atoms with Gasteiger partial charge in [-0.3, -0.25) is 4.79 Å². The molecule has 8 heteroatoms. The van der Waals surface area contributed by atoms with Crippen molar-refractivity contribution >= 4 is 39.4 Å². The van der Waals surface area contributed by atoms with Crippen molar-refractivity contribution in [3.8, 4) is 0 Å². The highest BCUT2D eigenvalue weighted by Gasteiger charge is 2.18. The van der Waals surface area contributed by atoms with E-state index in [4.69, 9.17) is 4.74 Å². The summed E-state index contributed by atoms with van der Waals surface area (Å²) in [7, 11) is 1.26. The molecule has 0 saturated heterocycles. The van der Waals surface area contributed by atoms with Crippen LogP contribution in [-0.2, 0) is 4.74 Å². The lowest BCUT2D eigenvalue weighted by atomic mass is 10.0. The number of anilines is 1. The minimum absolute atomic E-state index is 0.210. The molecule has 0 saturated carbocycles. The number of carbonyl (C=O) groups is 2. The molecule has 0 fully saturated rings. The van der Waals surface area contributed by atoms with Crippen LogP contribution in [-0.4, -0.2) is 29.0 Å². The summed E-state index contributed by atoms with van der Waals surface area (Å²) in [5.74, 6) is -1.54. The Bertz CT molecular complexity index is 1250. The van der Waals surface area contributed by atoms with E-state index in [-0.39, 0.29) is 11.1 Å². The average molecular weight is 395 g/mol.